The first-order valence-electron chi connectivity index (χ1n) is 5.09. The van der Waals surface area contributed by atoms with Gasteiger partial charge in [0, 0.05) is 14.1 Å². The molecule has 0 unspecified atom stereocenters. The van der Waals surface area contributed by atoms with Crippen molar-refractivity contribution in [3.63, 3.8) is 0 Å². The Bertz CT molecular complexity index is 435. The fourth-order valence-electron chi connectivity index (χ4n) is 1.26. The minimum atomic E-state index is -0.116. The smallest absolute Gasteiger partial charge is 0.255 e. The van der Waals surface area contributed by atoms with Gasteiger partial charge in [-0.3, -0.25) is 4.79 Å². The van der Waals surface area contributed by atoms with Crippen molar-refractivity contribution in [2.24, 2.45) is 4.99 Å². The predicted octanol–water partition coefficient (Wildman–Crippen LogP) is 2.25. The molecule has 3 heteroatoms. The van der Waals surface area contributed by atoms with Crippen molar-refractivity contribution in [3.8, 4) is 0 Å². The summed E-state index contributed by atoms with van der Waals surface area (Å²) in [6, 6.07) is 5.96. The monoisotopic (exact) mass is 216 g/mol. The first kappa shape index (κ1) is 12.2. The zero-order chi connectivity index (χ0) is 12.1. The van der Waals surface area contributed by atoms with Gasteiger partial charge in [0.25, 0.3) is 5.91 Å². The summed E-state index contributed by atoms with van der Waals surface area (Å²) in [5.41, 5.74) is 3.04. The first-order valence-corrected chi connectivity index (χ1v) is 5.09. The van der Waals surface area contributed by atoms with E-state index < -0.39 is 0 Å². The van der Waals surface area contributed by atoms with Crippen LogP contribution in [0.15, 0.2) is 29.3 Å². The zero-order valence-electron chi connectivity index (χ0n) is 10.1. The van der Waals surface area contributed by atoms with Crippen LogP contribution < -0.4 is 0 Å². The number of benzene rings is 1. The third-order valence-corrected chi connectivity index (χ3v) is 2.24. The summed E-state index contributed by atoms with van der Waals surface area (Å²) in [5.74, 6) is 2.56. The number of likely N-dealkylation sites (N-methyl/N-ethyl adjacent to an activating group) is 1. The Morgan fingerprint density at radius 2 is 1.88 bits per heavy atom. The summed E-state index contributed by atoms with van der Waals surface area (Å²) in [4.78, 5) is 16.9. The molecule has 0 bridgehead atoms. The average Bonchev–Trinajstić information content (AvgIpc) is 2.22. The van der Waals surface area contributed by atoms with Crippen LogP contribution in [-0.2, 0) is 4.79 Å². The summed E-state index contributed by atoms with van der Waals surface area (Å²) < 4.78 is 0. The molecule has 1 aromatic carbocycles. The molecule has 0 aliphatic carbocycles. The number of aryl methyl sites for hydroxylation is 2. The van der Waals surface area contributed by atoms with E-state index in [2.05, 4.69) is 10.9 Å². The third kappa shape index (κ3) is 3.07. The molecule has 0 spiro atoms. The van der Waals surface area contributed by atoms with Crippen LogP contribution in [0.25, 0.3) is 0 Å². The van der Waals surface area contributed by atoms with E-state index in [-0.39, 0.29) is 5.91 Å². The fourth-order valence-corrected chi connectivity index (χ4v) is 1.26. The van der Waals surface area contributed by atoms with Crippen molar-refractivity contribution < 1.29 is 4.79 Å². The summed E-state index contributed by atoms with van der Waals surface area (Å²) in [7, 11) is 3.39. The fraction of sp³-hybridized carbons (Fsp3) is 0.308. The molecule has 0 fully saturated rings. The lowest BCUT2D eigenvalue weighted by atomic mass is 10.1. The van der Waals surface area contributed by atoms with Crippen molar-refractivity contribution in [1.82, 2.24) is 4.90 Å². The Kier molecular flexibility index (Phi) is 4.03. The second kappa shape index (κ2) is 5.29. The molecule has 0 aromatic heterocycles. The number of nitrogens with zero attached hydrogens (tertiary/aromatic N) is 2. The van der Waals surface area contributed by atoms with Crippen LogP contribution in [0, 0.1) is 13.8 Å². The van der Waals surface area contributed by atoms with E-state index in [9.17, 15) is 4.79 Å². The van der Waals surface area contributed by atoms with Crippen LogP contribution >= 0.6 is 0 Å². The molecule has 1 rings (SSSR count). The number of rotatable bonds is 2. The summed E-state index contributed by atoms with van der Waals surface area (Å²) in [6.07, 6.45) is 1.34. The van der Waals surface area contributed by atoms with Gasteiger partial charge in [-0.1, -0.05) is 18.2 Å². The SMILES string of the molecule is Cc1cccc(C)c1N=C=CC(=O)N(C)C. The summed E-state index contributed by atoms with van der Waals surface area (Å²) >= 11 is 0. The van der Waals surface area contributed by atoms with E-state index in [1.165, 1.54) is 11.0 Å². The molecule has 0 radical (unpaired) electrons. The minimum absolute atomic E-state index is 0.116. The Labute approximate surface area is 96.1 Å². The van der Waals surface area contributed by atoms with Crippen molar-refractivity contribution >= 4 is 17.5 Å². The van der Waals surface area contributed by atoms with Crippen LogP contribution in [0.3, 0.4) is 0 Å². The lowest BCUT2D eigenvalue weighted by Gasteiger charge is -2.03. The number of amides is 1. The van der Waals surface area contributed by atoms with Gasteiger partial charge in [0.15, 0.2) is 0 Å². The number of hydrogen-bond acceptors (Lipinski definition) is 2. The summed E-state index contributed by atoms with van der Waals surface area (Å²) in [6.45, 7) is 3.97. The van der Waals surface area contributed by atoms with Gasteiger partial charge in [-0.2, -0.15) is 0 Å². The van der Waals surface area contributed by atoms with Crippen LogP contribution in [0.2, 0.25) is 0 Å². The maximum Gasteiger partial charge on any atom is 0.255 e. The van der Waals surface area contributed by atoms with Crippen LogP contribution in [0.4, 0.5) is 5.69 Å². The maximum atomic E-state index is 11.3. The number of hydrogen-bond donors (Lipinski definition) is 0. The van der Waals surface area contributed by atoms with Gasteiger partial charge in [0.2, 0.25) is 0 Å². The van der Waals surface area contributed by atoms with Crippen LogP contribution in [-0.4, -0.2) is 30.8 Å². The lowest BCUT2D eigenvalue weighted by Crippen LogP contribution is -2.18. The van der Waals surface area contributed by atoms with E-state index in [0.717, 1.165) is 16.8 Å². The topological polar surface area (TPSA) is 32.7 Å². The van der Waals surface area contributed by atoms with Gasteiger partial charge >= 0.3 is 0 Å². The summed E-state index contributed by atoms with van der Waals surface area (Å²) in [5, 5.41) is 0. The van der Waals surface area contributed by atoms with Crippen molar-refractivity contribution in [3.05, 3.63) is 35.4 Å². The minimum Gasteiger partial charge on any atom is -0.345 e. The van der Waals surface area contributed by atoms with E-state index in [1.807, 2.05) is 32.0 Å². The van der Waals surface area contributed by atoms with E-state index >= 15 is 0 Å². The highest BCUT2D eigenvalue weighted by atomic mass is 16.2. The Morgan fingerprint density at radius 1 is 1.31 bits per heavy atom. The zero-order valence-corrected chi connectivity index (χ0v) is 10.1. The van der Waals surface area contributed by atoms with Gasteiger partial charge in [-0.05, 0) is 30.8 Å². The molecule has 0 aliphatic heterocycles. The molecule has 0 saturated heterocycles. The molecule has 0 aliphatic rings. The third-order valence-electron chi connectivity index (χ3n) is 2.24. The molecule has 3 nitrogen and oxygen atoms in total. The predicted molar refractivity (Wildman–Crippen MR) is 66.3 cm³/mol. The molecule has 0 saturated carbocycles. The van der Waals surface area contributed by atoms with Crippen LogP contribution in [0.5, 0.6) is 0 Å². The van der Waals surface area contributed by atoms with E-state index in [1.54, 1.807) is 14.1 Å². The average molecular weight is 216 g/mol. The van der Waals surface area contributed by atoms with Crippen molar-refractivity contribution in [2.75, 3.05) is 14.1 Å². The molecule has 0 atom stereocenters. The van der Waals surface area contributed by atoms with Crippen molar-refractivity contribution in [2.45, 2.75) is 13.8 Å². The van der Waals surface area contributed by atoms with E-state index in [0.29, 0.717) is 0 Å². The molecule has 1 amide bonds. The quantitative estimate of drug-likeness (QED) is 0.551. The lowest BCUT2D eigenvalue weighted by molar-refractivity contribution is -0.123. The van der Waals surface area contributed by atoms with Crippen molar-refractivity contribution in [1.29, 1.82) is 0 Å². The standard InChI is InChI=1S/C13H16N2O/c1-10-6-5-7-11(2)13(10)14-9-8-12(16)15(3)4/h5-8H,1-4H3. The highest BCUT2D eigenvalue weighted by molar-refractivity contribution is 5.95. The molecule has 16 heavy (non-hydrogen) atoms. The highest BCUT2D eigenvalue weighted by Crippen LogP contribution is 2.21. The second-order valence-corrected chi connectivity index (χ2v) is 3.86. The largest absolute Gasteiger partial charge is 0.345 e. The molecule has 84 valence electrons. The van der Waals surface area contributed by atoms with Crippen LogP contribution in [0.1, 0.15) is 11.1 Å². The maximum absolute atomic E-state index is 11.3. The molecule has 0 heterocycles. The van der Waals surface area contributed by atoms with Gasteiger partial charge in [0.05, 0.1) is 11.8 Å². The molecular formula is C13H16N2O. The number of para-hydroxylation sites is 1. The Hall–Kier alpha value is -1.86. The first-order chi connectivity index (χ1) is 7.52. The van der Waals surface area contributed by atoms with Gasteiger partial charge < -0.3 is 4.90 Å². The van der Waals surface area contributed by atoms with E-state index in [4.69, 9.17) is 0 Å². The normalized spacial score (nSPS) is 9.25. The van der Waals surface area contributed by atoms with Gasteiger partial charge in [-0.15, -0.1) is 0 Å². The molecule has 0 N–H and O–H groups in total. The van der Waals surface area contributed by atoms with Gasteiger partial charge in [-0.25, -0.2) is 4.99 Å². The number of carbonyl (C=O) groups is 1. The second-order valence-electron chi connectivity index (χ2n) is 3.86. The highest BCUT2D eigenvalue weighted by Gasteiger charge is 1.99. The van der Waals surface area contributed by atoms with Gasteiger partial charge in [0.1, 0.15) is 0 Å². The molecule has 1 aromatic rings. The Morgan fingerprint density at radius 3 is 2.38 bits per heavy atom. The molecular weight excluding hydrogens is 200 g/mol. The Balaban J connectivity index is 2.97. The number of carbonyl (C=O) groups excluding carboxylic acids is 1. The number of aliphatic imine (C=N–C) groups is 1.